The van der Waals surface area contributed by atoms with E-state index in [-0.39, 0.29) is 24.3 Å². The van der Waals surface area contributed by atoms with Gasteiger partial charge < -0.3 is 29.4 Å². The summed E-state index contributed by atoms with van der Waals surface area (Å²) in [7, 11) is 1.73. The molecule has 0 bridgehead atoms. The monoisotopic (exact) mass is 536 g/mol. The third kappa shape index (κ3) is 3.92. The molecule has 4 aliphatic heterocycles. The van der Waals surface area contributed by atoms with Crippen LogP contribution >= 0.6 is 0 Å². The van der Waals surface area contributed by atoms with Crippen LogP contribution < -0.4 is 9.80 Å². The number of likely N-dealkylation sites (tertiary alicyclic amines) is 1. The lowest BCUT2D eigenvalue weighted by atomic mass is 9.73. The van der Waals surface area contributed by atoms with Gasteiger partial charge in [0.2, 0.25) is 11.8 Å². The van der Waals surface area contributed by atoms with Gasteiger partial charge in [-0.25, -0.2) is 0 Å². The van der Waals surface area contributed by atoms with E-state index in [1.165, 1.54) is 4.90 Å². The first-order chi connectivity index (χ1) is 18.7. The molecule has 5 rings (SSSR count). The highest BCUT2D eigenvalue weighted by molar-refractivity contribution is 6.06. The Morgan fingerprint density at radius 2 is 1.64 bits per heavy atom. The van der Waals surface area contributed by atoms with E-state index in [0.717, 1.165) is 24.5 Å². The van der Waals surface area contributed by atoms with Crippen molar-refractivity contribution in [3.63, 3.8) is 0 Å². The molecule has 1 aromatic carbocycles. The van der Waals surface area contributed by atoms with Crippen molar-refractivity contribution < 1.29 is 24.2 Å². The Morgan fingerprint density at radius 1 is 0.974 bits per heavy atom. The highest BCUT2D eigenvalue weighted by atomic mass is 16.5. The molecule has 1 spiro atoms. The fourth-order valence-corrected chi connectivity index (χ4v) is 7.05. The Kier molecular flexibility index (Phi) is 7.09. The number of fused-ring (bicyclic) bond motifs is 2. The van der Waals surface area contributed by atoms with Crippen LogP contribution in [0, 0.1) is 11.8 Å². The number of ether oxygens (including phenoxy) is 1. The summed E-state index contributed by atoms with van der Waals surface area (Å²) in [4.78, 5) is 49.5. The van der Waals surface area contributed by atoms with Gasteiger partial charge in [0, 0.05) is 44.6 Å². The minimum absolute atomic E-state index is 0.164. The molecule has 39 heavy (non-hydrogen) atoms. The highest BCUT2D eigenvalue weighted by Crippen LogP contribution is 2.58. The summed E-state index contributed by atoms with van der Waals surface area (Å²) in [6.07, 6.45) is 8.05. The summed E-state index contributed by atoms with van der Waals surface area (Å²) in [5.74, 6) is -2.41. The van der Waals surface area contributed by atoms with Crippen molar-refractivity contribution in [1.82, 2.24) is 9.80 Å². The number of anilines is 2. The lowest BCUT2D eigenvalue weighted by Gasteiger charge is -2.40. The molecule has 2 fully saturated rings. The molecule has 210 valence electrons. The van der Waals surface area contributed by atoms with Crippen molar-refractivity contribution in [2.24, 2.45) is 11.8 Å². The second kappa shape index (κ2) is 10.1. The summed E-state index contributed by atoms with van der Waals surface area (Å²) in [6, 6.07) is 6.24. The van der Waals surface area contributed by atoms with Crippen LogP contribution in [0.3, 0.4) is 0 Å². The van der Waals surface area contributed by atoms with Gasteiger partial charge in [-0.05, 0) is 51.5 Å². The minimum atomic E-state index is -1.33. The number of aliphatic hydroxyl groups is 1. The molecular formula is C30H40N4O5. The minimum Gasteiger partial charge on any atom is -0.394 e. The number of rotatable bonds is 7. The van der Waals surface area contributed by atoms with E-state index in [4.69, 9.17) is 4.74 Å². The molecule has 0 aromatic heterocycles. The standard InChI is InChI=1S/C30H40N4O5/c1-6-29-15-9-17-31(5)26(36)23(29)24-27(37)34(20(4)19-35)25-28(38)33(18-10-16-30(24,25)39-29)22-13-11-21(12-14-22)32(7-2)8-3/h9-16,20,23-25,35H,6-8,17-19H2,1-5H3/t20-,23+,24+,25?,29-,30+/m1/s1. The molecule has 4 aliphatic rings. The predicted octanol–water partition coefficient (Wildman–Crippen LogP) is 2.21. The molecule has 9 heteroatoms. The number of hydrogen-bond acceptors (Lipinski definition) is 6. The van der Waals surface area contributed by atoms with Gasteiger partial charge in [0.15, 0.2) is 0 Å². The first kappa shape index (κ1) is 27.4. The van der Waals surface area contributed by atoms with Crippen molar-refractivity contribution in [1.29, 1.82) is 0 Å². The molecule has 0 aliphatic carbocycles. The smallest absolute Gasteiger partial charge is 0.253 e. The van der Waals surface area contributed by atoms with Crippen molar-refractivity contribution >= 4 is 29.1 Å². The molecule has 1 aromatic rings. The Labute approximate surface area is 230 Å². The summed E-state index contributed by atoms with van der Waals surface area (Å²) in [6.45, 7) is 10.1. The zero-order chi connectivity index (χ0) is 28.1. The molecule has 3 amide bonds. The van der Waals surface area contributed by atoms with Gasteiger partial charge in [-0.3, -0.25) is 14.4 Å². The lowest BCUT2D eigenvalue weighted by Crippen LogP contribution is -2.58. The number of carbonyl (C=O) groups excluding carboxylic acids is 3. The van der Waals surface area contributed by atoms with E-state index in [9.17, 15) is 19.5 Å². The second-order valence-electron chi connectivity index (χ2n) is 11.1. The summed E-state index contributed by atoms with van der Waals surface area (Å²) in [5.41, 5.74) is -0.534. The molecule has 1 N–H and O–H groups in total. The van der Waals surface area contributed by atoms with Crippen molar-refractivity contribution in [2.45, 2.75) is 57.4 Å². The van der Waals surface area contributed by atoms with Gasteiger partial charge in [0.1, 0.15) is 11.6 Å². The van der Waals surface area contributed by atoms with E-state index in [1.54, 1.807) is 23.8 Å². The van der Waals surface area contributed by atoms with E-state index in [1.807, 2.05) is 55.5 Å². The molecule has 6 atom stereocenters. The Hall–Kier alpha value is -3.17. The summed E-state index contributed by atoms with van der Waals surface area (Å²) >= 11 is 0. The van der Waals surface area contributed by atoms with Crippen LogP contribution in [0.1, 0.15) is 34.1 Å². The first-order valence-electron chi connectivity index (χ1n) is 14.1. The van der Waals surface area contributed by atoms with Gasteiger partial charge in [-0.1, -0.05) is 31.2 Å². The third-order valence-corrected chi connectivity index (χ3v) is 9.11. The second-order valence-corrected chi connectivity index (χ2v) is 11.1. The van der Waals surface area contributed by atoms with Gasteiger partial charge in [0.05, 0.1) is 30.1 Å². The zero-order valence-electron chi connectivity index (χ0n) is 23.5. The fourth-order valence-electron chi connectivity index (χ4n) is 7.05. The normalized spacial score (nSPS) is 32.6. The number of hydrogen-bond donors (Lipinski definition) is 1. The Balaban J connectivity index is 1.61. The Morgan fingerprint density at radius 3 is 2.26 bits per heavy atom. The molecule has 9 nitrogen and oxygen atoms in total. The van der Waals surface area contributed by atoms with Crippen LogP contribution in [0.2, 0.25) is 0 Å². The summed E-state index contributed by atoms with van der Waals surface area (Å²) < 4.78 is 6.91. The molecule has 1 unspecified atom stereocenters. The number of benzene rings is 1. The van der Waals surface area contributed by atoms with Crippen molar-refractivity contribution in [3.8, 4) is 0 Å². The summed E-state index contributed by atoms with van der Waals surface area (Å²) in [5, 5.41) is 10.1. The molecule has 0 saturated carbocycles. The molecule has 2 saturated heterocycles. The van der Waals surface area contributed by atoms with Gasteiger partial charge in [-0.15, -0.1) is 0 Å². The highest BCUT2D eigenvalue weighted by Gasteiger charge is 2.75. The number of amides is 3. The average Bonchev–Trinajstić information content (AvgIpc) is 3.25. The Bertz CT molecular complexity index is 1190. The van der Waals surface area contributed by atoms with Gasteiger partial charge in [0.25, 0.3) is 5.91 Å². The van der Waals surface area contributed by atoms with Crippen LogP contribution in [0.15, 0.2) is 48.6 Å². The maximum atomic E-state index is 14.5. The molecular weight excluding hydrogens is 496 g/mol. The topological polar surface area (TPSA) is 93.6 Å². The van der Waals surface area contributed by atoms with E-state index in [0.29, 0.717) is 19.5 Å². The number of aliphatic hydroxyl groups excluding tert-OH is 1. The van der Waals surface area contributed by atoms with Gasteiger partial charge in [-0.2, -0.15) is 0 Å². The molecule has 4 heterocycles. The maximum absolute atomic E-state index is 14.5. The van der Waals surface area contributed by atoms with Crippen LogP contribution in [0.25, 0.3) is 0 Å². The number of likely N-dealkylation sites (N-methyl/N-ethyl adjacent to an activating group) is 1. The van der Waals surface area contributed by atoms with E-state index in [2.05, 4.69) is 18.7 Å². The van der Waals surface area contributed by atoms with Crippen LogP contribution in [0.5, 0.6) is 0 Å². The fraction of sp³-hybridized carbons (Fsp3) is 0.567. The average molecular weight is 537 g/mol. The first-order valence-corrected chi connectivity index (χ1v) is 14.1. The third-order valence-electron chi connectivity index (χ3n) is 9.11. The predicted molar refractivity (Wildman–Crippen MR) is 149 cm³/mol. The maximum Gasteiger partial charge on any atom is 0.253 e. The van der Waals surface area contributed by atoms with Crippen LogP contribution in [0.4, 0.5) is 11.4 Å². The largest absolute Gasteiger partial charge is 0.394 e. The van der Waals surface area contributed by atoms with Crippen molar-refractivity contribution in [3.05, 3.63) is 48.6 Å². The van der Waals surface area contributed by atoms with Crippen LogP contribution in [-0.4, -0.2) is 95.7 Å². The van der Waals surface area contributed by atoms with Gasteiger partial charge >= 0.3 is 0 Å². The van der Waals surface area contributed by atoms with E-state index < -0.39 is 35.1 Å². The van der Waals surface area contributed by atoms with Crippen molar-refractivity contribution in [2.75, 3.05) is 49.6 Å². The zero-order valence-corrected chi connectivity index (χ0v) is 23.5. The van der Waals surface area contributed by atoms with E-state index >= 15 is 0 Å². The SMILES string of the molecule is CCN(CC)c1ccc(N2CC=C[C@]34O[C@]5(CC)C=CCN(C)C(=O)[C@@H]5[C@H]3C(=O)N([C@H](C)CO)C4C2=O)cc1. The quantitative estimate of drug-likeness (QED) is 0.537. The number of nitrogens with zero attached hydrogens (tertiary/aromatic N) is 4. The number of carbonyl (C=O) groups is 3. The molecule has 0 radical (unpaired) electrons. The lowest BCUT2D eigenvalue weighted by molar-refractivity contribution is -0.151. The van der Waals surface area contributed by atoms with Crippen LogP contribution in [-0.2, 0) is 19.1 Å².